The van der Waals surface area contributed by atoms with E-state index >= 15 is 0 Å². The van der Waals surface area contributed by atoms with Crippen molar-refractivity contribution in [3.05, 3.63) is 0 Å². The summed E-state index contributed by atoms with van der Waals surface area (Å²) in [5.41, 5.74) is 0.739. The van der Waals surface area contributed by atoms with E-state index in [1.54, 1.807) is 0 Å². The summed E-state index contributed by atoms with van der Waals surface area (Å²) in [4.78, 5) is 0. The average Bonchev–Trinajstić information content (AvgIpc) is 2.66. The largest absolute Gasteiger partial charge is 0.375 e. The topological polar surface area (TPSA) is 9.23 Å². The van der Waals surface area contributed by atoms with Crippen LogP contribution in [0.4, 0.5) is 0 Å². The van der Waals surface area contributed by atoms with E-state index in [0.717, 1.165) is 30.3 Å². The molecule has 2 saturated carbocycles. The minimum Gasteiger partial charge on any atom is -0.375 e. The van der Waals surface area contributed by atoms with Gasteiger partial charge in [-0.15, -0.1) is 0 Å². The predicted octanol–water partition coefficient (Wildman–Crippen LogP) is 5.43. The van der Waals surface area contributed by atoms with Crippen molar-refractivity contribution in [2.45, 2.75) is 84.7 Å². The molecule has 6 atom stereocenters. The second kappa shape index (κ2) is 5.30. The zero-order chi connectivity index (χ0) is 14.4. The Morgan fingerprint density at radius 3 is 2.60 bits per heavy atom. The van der Waals surface area contributed by atoms with Gasteiger partial charge in [-0.1, -0.05) is 40.0 Å². The molecule has 0 aromatic heterocycles. The molecule has 1 spiro atoms. The summed E-state index contributed by atoms with van der Waals surface area (Å²) in [7, 11) is 0. The van der Waals surface area contributed by atoms with Crippen molar-refractivity contribution in [3.63, 3.8) is 0 Å². The van der Waals surface area contributed by atoms with E-state index in [9.17, 15) is 0 Å². The van der Waals surface area contributed by atoms with Crippen molar-refractivity contribution in [1.29, 1.82) is 0 Å². The Balaban J connectivity index is 1.91. The fraction of sp³-hybridized carbons (Fsp3) is 1.00. The third-order valence-electron chi connectivity index (χ3n) is 7.32. The molecule has 0 amide bonds. The molecule has 4 rings (SSSR count). The van der Waals surface area contributed by atoms with E-state index in [-0.39, 0.29) is 5.60 Å². The lowest BCUT2D eigenvalue weighted by atomic mass is 9.52. The maximum atomic E-state index is 6.46. The first kappa shape index (κ1) is 14.9. The number of hydrogen-bond donors (Lipinski definition) is 0. The minimum atomic E-state index is 0.209. The van der Waals surface area contributed by atoms with Crippen LogP contribution in [0.1, 0.15) is 79.1 Å². The minimum absolute atomic E-state index is 0.209. The maximum Gasteiger partial charge on any atom is 0.0655 e. The molecule has 2 aliphatic heterocycles. The third kappa shape index (κ3) is 2.25. The molecule has 0 N–H and O–H groups in total. The predicted molar refractivity (Wildman–Crippen MR) is 84.7 cm³/mol. The summed E-state index contributed by atoms with van der Waals surface area (Å²) >= 11 is 0. The van der Waals surface area contributed by atoms with Crippen molar-refractivity contribution in [1.82, 2.24) is 0 Å². The van der Waals surface area contributed by atoms with E-state index in [0.29, 0.717) is 5.41 Å². The van der Waals surface area contributed by atoms with Gasteiger partial charge >= 0.3 is 0 Å². The summed E-state index contributed by atoms with van der Waals surface area (Å²) in [6, 6.07) is 0. The number of ether oxygens (including phenoxy) is 1. The Bertz CT molecular complexity index is 340. The van der Waals surface area contributed by atoms with Gasteiger partial charge in [0, 0.05) is 5.41 Å². The van der Waals surface area contributed by atoms with E-state index in [2.05, 4.69) is 27.7 Å². The Morgan fingerprint density at radius 2 is 1.95 bits per heavy atom. The molecule has 1 heteroatoms. The monoisotopic (exact) mass is 278 g/mol. The zero-order valence-corrected chi connectivity index (χ0v) is 14.1. The van der Waals surface area contributed by atoms with Gasteiger partial charge in [0.1, 0.15) is 0 Å². The Hall–Kier alpha value is -0.0400. The van der Waals surface area contributed by atoms with Crippen LogP contribution in [0.15, 0.2) is 0 Å². The number of fused-ring (bicyclic) bond motifs is 3. The van der Waals surface area contributed by atoms with Crippen LogP contribution in [0.3, 0.4) is 0 Å². The van der Waals surface area contributed by atoms with Crippen LogP contribution in [-0.2, 0) is 4.74 Å². The van der Waals surface area contributed by atoms with Crippen LogP contribution in [0, 0.1) is 29.1 Å². The fourth-order valence-corrected chi connectivity index (χ4v) is 6.05. The maximum absolute atomic E-state index is 6.46. The smallest absolute Gasteiger partial charge is 0.0655 e. The third-order valence-corrected chi connectivity index (χ3v) is 7.32. The van der Waals surface area contributed by atoms with Gasteiger partial charge < -0.3 is 4.74 Å². The van der Waals surface area contributed by atoms with Gasteiger partial charge in [0.25, 0.3) is 0 Å². The highest BCUT2D eigenvalue weighted by atomic mass is 16.5. The fourth-order valence-electron chi connectivity index (χ4n) is 6.05. The Kier molecular flexibility index (Phi) is 3.95. The molecular weight excluding hydrogens is 244 g/mol. The van der Waals surface area contributed by atoms with Crippen molar-refractivity contribution in [2.75, 3.05) is 6.61 Å². The molecule has 2 bridgehead atoms. The Morgan fingerprint density at radius 1 is 1.15 bits per heavy atom. The van der Waals surface area contributed by atoms with Crippen molar-refractivity contribution in [2.24, 2.45) is 29.1 Å². The lowest BCUT2D eigenvalue weighted by Crippen LogP contribution is -2.52. The highest BCUT2D eigenvalue weighted by Gasteiger charge is 2.57. The molecule has 3 unspecified atom stereocenters. The normalized spacial score (nSPS) is 49.5. The van der Waals surface area contributed by atoms with Crippen LogP contribution in [0.25, 0.3) is 0 Å². The van der Waals surface area contributed by atoms with Crippen LogP contribution in [0.5, 0.6) is 0 Å². The Labute approximate surface area is 125 Å². The molecule has 20 heavy (non-hydrogen) atoms. The molecule has 0 aromatic rings. The van der Waals surface area contributed by atoms with Crippen molar-refractivity contribution in [3.8, 4) is 0 Å². The van der Waals surface area contributed by atoms with Gasteiger partial charge in [-0.2, -0.15) is 0 Å². The van der Waals surface area contributed by atoms with Gasteiger partial charge in [-0.3, -0.25) is 0 Å². The molecule has 2 saturated heterocycles. The number of hydrogen-bond acceptors (Lipinski definition) is 1. The van der Waals surface area contributed by atoms with Gasteiger partial charge in [0.2, 0.25) is 0 Å². The summed E-state index contributed by atoms with van der Waals surface area (Å²) in [5.74, 6) is 3.67. The van der Waals surface area contributed by atoms with Crippen LogP contribution in [-0.4, -0.2) is 12.2 Å². The van der Waals surface area contributed by atoms with E-state index < -0.39 is 0 Å². The van der Waals surface area contributed by atoms with Gasteiger partial charge in [-0.25, -0.2) is 0 Å². The first-order chi connectivity index (χ1) is 9.51. The van der Waals surface area contributed by atoms with Crippen LogP contribution >= 0.6 is 0 Å². The second-order valence-corrected chi connectivity index (χ2v) is 8.54. The van der Waals surface area contributed by atoms with Gasteiger partial charge in [0.05, 0.1) is 12.2 Å². The molecule has 4 fully saturated rings. The first-order valence-electron chi connectivity index (χ1n) is 9.15. The quantitative estimate of drug-likeness (QED) is 0.668. The van der Waals surface area contributed by atoms with Crippen LogP contribution in [0.2, 0.25) is 0 Å². The molecule has 1 nitrogen and oxygen atoms in total. The van der Waals surface area contributed by atoms with Gasteiger partial charge in [-0.05, 0) is 62.7 Å². The lowest BCUT2D eigenvalue weighted by Gasteiger charge is -2.55. The molecule has 0 aromatic carbocycles. The summed E-state index contributed by atoms with van der Waals surface area (Å²) in [5, 5.41) is 0. The molecular formula is C19H34O. The zero-order valence-electron chi connectivity index (χ0n) is 14.1. The van der Waals surface area contributed by atoms with E-state index in [4.69, 9.17) is 4.74 Å². The average molecular weight is 278 g/mol. The summed E-state index contributed by atoms with van der Waals surface area (Å²) in [6.45, 7) is 10.8. The molecule has 0 radical (unpaired) electrons. The standard InChI is InChI=1S/C19H34O/c1-5-6-14(2)16-8-7-15(3)17-9-10-18(4)11-12-19(16,17)13-20-18/h14-17H,5-13H2,1-4H3/t14?,15-,16?,17+,18?,19-/m1/s1. The molecule has 4 aliphatic rings. The number of rotatable bonds is 3. The summed E-state index contributed by atoms with van der Waals surface area (Å²) < 4.78 is 6.46. The van der Waals surface area contributed by atoms with Crippen LogP contribution < -0.4 is 0 Å². The van der Waals surface area contributed by atoms with Gasteiger partial charge in [0.15, 0.2) is 0 Å². The SMILES string of the molecule is CCCC(C)C1CC[C@@H](C)[C@@H]2CCC3(C)CC[C@@]12CO3. The van der Waals surface area contributed by atoms with E-state index in [1.807, 2.05) is 0 Å². The lowest BCUT2D eigenvalue weighted by molar-refractivity contribution is -0.163. The highest BCUT2D eigenvalue weighted by Crippen LogP contribution is 2.61. The summed E-state index contributed by atoms with van der Waals surface area (Å²) in [6.07, 6.45) is 11.1. The molecule has 116 valence electrons. The first-order valence-corrected chi connectivity index (χ1v) is 9.15. The highest BCUT2D eigenvalue weighted by molar-refractivity contribution is 5.05. The van der Waals surface area contributed by atoms with Crippen molar-refractivity contribution < 1.29 is 4.74 Å². The van der Waals surface area contributed by atoms with E-state index in [1.165, 1.54) is 51.4 Å². The van der Waals surface area contributed by atoms with Crippen molar-refractivity contribution >= 4 is 0 Å². The second-order valence-electron chi connectivity index (χ2n) is 8.54. The molecule has 2 aliphatic carbocycles. The molecule has 2 heterocycles.